The fourth-order valence-corrected chi connectivity index (χ4v) is 6.65. The minimum absolute atomic E-state index is 0.0282. The van der Waals surface area contributed by atoms with Crippen LogP contribution in [-0.4, -0.2) is 74.4 Å². The van der Waals surface area contributed by atoms with Crippen LogP contribution < -0.4 is 10.7 Å². The highest BCUT2D eigenvalue weighted by atomic mass is 16.6. The van der Waals surface area contributed by atoms with E-state index in [1.54, 1.807) is 17.0 Å². The third kappa shape index (κ3) is 8.79. The Labute approximate surface area is 326 Å². The molecule has 13 nitrogen and oxygen atoms in total. The maximum absolute atomic E-state index is 14.2. The Balaban J connectivity index is 1.03. The normalized spacial score (nSPS) is 14.4. The SMILES string of the molecule is O=C(O)CN(NC(=O)c1ccc(CNC(=O)c2cccc(C(=O)O)c2)cc1)C(=O)[C@H]1O[C@@H]1C(=O)N(Cc1cccc2ccccc12)Cc1cccc2ccccc12. The monoisotopic (exact) mass is 764 g/mol. The van der Waals surface area contributed by atoms with Crippen LogP contribution >= 0.6 is 0 Å². The molecule has 0 spiro atoms. The van der Waals surface area contributed by atoms with Crippen molar-refractivity contribution in [2.45, 2.75) is 31.8 Å². The van der Waals surface area contributed by atoms with Crippen molar-refractivity contribution in [2.24, 2.45) is 0 Å². The summed E-state index contributed by atoms with van der Waals surface area (Å²) in [4.78, 5) is 78.4. The van der Waals surface area contributed by atoms with Gasteiger partial charge < -0.3 is 25.2 Å². The Morgan fingerprint density at radius 1 is 0.579 bits per heavy atom. The molecule has 6 aromatic rings. The first kappa shape index (κ1) is 37.9. The van der Waals surface area contributed by atoms with E-state index in [2.05, 4.69) is 10.7 Å². The van der Waals surface area contributed by atoms with E-state index in [0.717, 1.165) is 32.7 Å². The van der Waals surface area contributed by atoms with Crippen LogP contribution in [0.15, 0.2) is 133 Å². The maximum Gasteiger partial charge on any atom is 0.335 e. The van der Waals surface area contributed by atoms with E-state index in [4.69, 9.17) is 4.74 Å². The number of nitrogens with zero attached hydrogens (tertiary/aromatic N) is 2. The molecule has 286 valence electrons. The van der Waals surface area contributed by atoms with Crippen LogP contribution in [0.5, 0.6) is 0 Å². The second-order valence-corrected chi connectivity index (χ2v) is 13.5. The predicted octanol–water partition coefficient (Wildman–Crippen LogP) is 5.18. The number of fused-ring (bicyclic) bond motifs is 2. The second-order valence-electron chi connectivity index (χ2n) is 13.5. The van der Waals surface area contributed by atoms with Crippen molar-refractivity contribution in [1.82, 2.24) is 20.7 Å². The molecular weight excluding hydrogens is 729 g/mol. The number of nitrogens with one attached hydrogen (secondary N) is 2. The number of rotatable bonds is 13. The summed E-state index contributed by atoms with van der Waals surface area (Å²) in [5.74, 6) is -5.21. The number of hydrogen-bond acceptors (Lipinski definition) is 7. The molecule has 57 heavy (non-hydrogen) atoms. The quantitative estimate of drug-likeness (QED) is 0.0909. The van der Waals surface area contributed by atoms with Gasteiger partial charge in [-0.2, -0.15) is 0 Å². The lowest BCUT2D eigenvalue weighted by molar-refractivity contribution is -0.146. The Hall–Kier alpha value is -7.38. The molecule has 0 aliphatic carbocycles. The van der Waals surface area contributed by atoms with Crippen molar-refractivity contribution >= 4 is 57.1 Å². The van der Waals surface area contributed by atoms with Crippen LogP contribution in [0.2, 0.25) is 0 Å². The van der Waals surface area contributed by atoms with Gasteiger partial charge in [0.05, 0.1) is 5.56 Å². The van der Waals surface area contributed by atoms with Gasteiger partial charge in [-0.15, -0.1) is 0 Å². The molecule has 4 N–H and O–H groups in total. The average Bonchev–Trinajstić information content (AvgIpc) is 4.03. The number of amides is 4. The number of hydrogen-bond donors (Lipinski definition) is 4. The highest BCUT2D eigenvalue weighted by Crippen LogP contribution is 2.30. The number of carbonyl (C=O) groups excluding carboxylic acids is 4. The van der Waals surface area contributed by atoms with Crippen LogP contribution in [0, 0.1) is 0 Å². The fraction of sp³-hybridized carbons (Fsp3) is 0.136. The van der Waals surface area contributed by atoms with Gasteiger partial charge in [-0.05, 0) is 68.6 Å². The molecule has 0 radical (unpaired) electrons. The number of carbonyl (C=O) groups is 6. The van der Waals surface area contributed by atoms with Gasteiger partial charge in [-0.25, -0.2) is 9.80 Å². The van der Waals surface area contributed by atoms with Crippen molar-refractivity contribution in [1.29, 1.82) is 0 Å². The molecular formula is C44H36N4O9. The minimum atomic E-state index is -1.40. The number of epoxide rings is 1. The van der Waals surface area contributed by atoms with Crippen LogP contribution in [0.25, 0.3) is 21.5 Å². The van der Waals surface area contributed by atoms with Crippen LogP contribution in [0.1, 0.15) is 47.8 Å². The van der Waals surface area contributed by atoms with E-state index in [0.29, 0.717) is 10.6 Å². The summed E-state index contributed by atoms with van der Waals surface area (Å²) < 4.78 is 5.64. The molecule has 4 amide bonds. The van der Waals surface area contributed by atoms with Crippen LogP contribution in [0.4, 0.5) is 0 Å². The largest absolute Gasteiger partial charge is 0.480 e. The van der Waals surface area contributed by atoms with Crippen LogP contribution in [0.3, 0.4) is 0 Å². The summed E-state index contributed by atoms with van der Waals surface area (Å²) in [6, 6.07) is 38.9. The average molecular weight is 765 g/mol. The molecule has 1 aliphatic rings. The van der Waals surface area contributed by atoms with E-state index < -0.39 is 54.3 Å². The van der Waals surface area contributed by atoms with Gasteiger partial charge in [0.2, 0.25) is 0 Å². The number of ether oxygens (including phenoxy) is 1. The number of carboxylic acid groups (broad SMARTS) is 2. The number of hydrazine groups is 1. The third-order valence-corrected chi connectivity index (χ3v) is 9.61. The van der Waals surface area contributed by atoms with Crippen molar-refractivity contribution < 1.29 is 43.7 Å². The lowest BCUT2D eigenvalue weighted by Crippen LogP contribution is -2.51. The van der Waals surface area contributed by atoms with E-state index >= 15 is 0 Å². The van der Waals surface area contributed by atoms with Gasteiger partial charge in [-0.3, -0.25) is 29.4 Å². The van der Waals surface area contributed by atoms with Crippen molar-refractivity contribution in [3.05, 3.63) is 167 Å². The fourth-order valence-electron chi connectivity index (χ4n) is 6.65. The zero-order valence-electron chi connectivity index (χ0n) is 30.3. The number of benzene rings is 6. The Morgan fingerprint density at radius 3 is 1.72 bits per heavy atom. The first-order chi connectivity index (χ1) is 27.5. The zero-order chi connectivity index (χ0) is 40.1. The summed E-state index contributed by atoms with van der Waals surface area (Å²) in [7, 11) is 0. The van der Waals surface area contributed by atoms with Gasteiger partial charge >= 0.3 is 11.9 Å². The summed E-state index contributed by atoms with van der Waals surface area (Å²) >= 11 is 0. The Bertz CT molecular complexity index is 2450. The van der Waals surface area contributed by atoms with Crippen LogP contribution in [-0.2, 0) is 38.8 Å². The van der Waals surface area contributed by atoms with Crippen molar-refractivity contribution in [2.75, 3.05) is 6.54 Å². The summed E-state index contributed by atoms with van der Waals surface area (Å²) in [5.41, 5.74) is 4.96. The van der Waals surface area contributed by atoms with E-state index in [9.17, 15) is 39.0 Å². The van der Waals surface area contributed by atoms with E-state index in [-0.39, 0.29) is 36.3 Å². The second kappa shape index (κ2) is 16.6. The molecule has 0 bridgehead atoms. The smallest absolute Gasteiger partial charge is 0.335 e. The molecule has 6 aromatic carbocycles. The topological polar surface area (TPSA) is 186 Å². The van der Waals surface area contributed by atoms with Gasteiger partial charge in [0, 0.05) is 30.8 Å². The maximum atomic E-state index is 14.2. The lowest BCUT2D eigenvalue weighted by atomic mass is 10.0. The predicted molar refractivity (Wildman–Crippen MR) is 209 cm³/mol. The molecule has 1 heterocycles. The molecule has 7 rings (SSSR count). The molecule has 0 aromatic heterocycles. The summed E-state index contributed by atoms with van der Waals surface area (Å²) in [6.07, 6.45) is -2.54. The molecule has 1 fully saturated rings. The van der Waals surface area contributed by atoms with Crippen molar-refractivity contribution in [3.8, 4) is 0 Å². The molecule has 0 unspecified atom stereocenters. The van der Waals surface area contributed by atoms with Gasteiger partial charge in [-0.1, -0.05) is 103 Å². The van der Waals surface area contributed by atoms with Crippen molar-refractivity contribution in [3.63, 3.8) is 0 Å². The molecule has 1 aliphatic heterocycles. The Kier molecular flexibility index (Phi) is 11.0. The first-order valence-corrected chi connectivity index (χ1v) is 18.0. The van der Waals surface area contributed by atoms with Gasteiger partial charge in [0.15, 0.2) is 12.2 Å². The number of carboxylic acids is 2. The minimum Gasteiger partial charge on any atom is -0.480 e. The molecule has 2 atom stereocenters. The number of aromatic carboxylic acids is 1. The first-order valence-electron chi connectivity index (χ1n) is 18.0. The molecule has 1 saturated heterocycles. The van der Waals surface area contributed by atoms with E-state index in [1.807, 2.05) is 84.9 Å². The highest BCUT2D eigenvalue weighted by molar-refractivity contribution is 6.00. The summed E-state index contributed by atoms with van der Waals surface area (Å²) in [6.45, 7) is -0.420. The highest BCUT2D eigenvalue weighted by Gasteiger charge is 2.54. The molecule has 0 saturated carbocycles. The standard InChI is InChI=1S/C44H36N4O9/c49-37(50)26-48(46-41(52)30-20-18-27(19-21-30)23-45-40(51)31-12-7-13-32(22-31)44(55)56)43(54)39-38(57-39)42(53)47(24-33-14-5-10-28-8-1-3-16-35(28)33)25-34-15-6-11-29-9-2-4-17-36(29)34/h1-22,38-39H,23-26H2,(H,45,51)(H,46,52)(H,49,50)(H,55,56)/t38-,39-/m0/s1. The number of aliphatic carboxylic acids is 1. The van der Waals surface area contributed by atoms with E-state index in [1.165, 1.54) is 36.4 Å². The third-order valence-electron chi connectivity index (χ3n) is 9.61. The molecule has 13 heteroatoms. The van der Waals surface area contributed by atoms with Gasteiger partial charge in [0.25, 0.3) is 23.6 Å². The Morgan fingerprint density at radius 2 is 1.12 bits per heavy atom. The lowest BCUT2D eigenvalue weighted by Gasteiger charge is -2.24. The van der Waals surface area contributed by atoms with Gasteiger partial charge in [0.1, 0.15) is 6.54 Å². The summed E-state index contributed by atoms with van der Waals surface area (Å²) in [5, 5.41) is 26.1. The zero-order valence-corrected chi connectivity index (χ0v) is 30.3.